The lowest BCUT2D eigenvalue weighted by Crippen LogP contribution is -1.99. The normalized spacial score (nSPS) is 25.6. The van der Waals surface area contributed by atoms with Gasteiger partial charge < -0.3 is 5.11 Å². The molecule has 0 spiro atoms. The van der Waals surface area contributed by atoms with Crippen LogP contribution in [-0.2, 0) is 4.79 Å². The lowest BCUT2D eigenvalue weighted by molar-refractivity contribution is -0.138. The summed E-state index contributed by atoms with van der Waals surface area (Å²) in [5, 5.41) is 8.65. The second-order valence-electron chi connectivity index (χ2n) is 3.20. The van der Waals surface area contributed by atoms with E-state index in [2.05, 4.69) is 4.98 Å². The molecule has 0 unspecified atom stereocenters. The zero-order chi connectivity index (χ0) is 9.42. The fourth-order valence-corrected chi connectivity index (χ4v) is 1.44. The summed E-state index contributed by atoms with van der Waals surface area (Å²) in [5.74, 6) is -1.58. The average molecular weight is 181 g/mol. The smallest absolute Gasteiger partial charge is 0.307 e. The zero-order valence-electron chi connectivity index (χ0n) is 6.77. The maximum atomic E-state index is 12.4. The first-order chi connectivity index (χ1) is 6.18. The Kier molecular flexibility index (Phi) is 1.76. The first-order valence-electron chi connectivity index (χ1n) is 4.03. The number of carbonyl (C=O) groups is 1. The fourth-order valence-electron chi connectivity index (χ4n) is 1.44. The summed E-state index contributed by atoms with van der Waals surface area (Å²) in [6.07, 6.45) is 2.05. The van der Waals surface area contributed by atoms with Crippen LogP contribution in [0.5, 0.6) is 0 Å². The van der Waals surface area contributed by atoms with Gasteiger partial charge in [-0.05, 0) is 24.0 Å². The van der Waals surface area contributed by atoms with Crippen LogP contribution < -0.4 is 0 Å². The molecule has 0 aromatic carbocycles. The molecule has 2 rings (SSSR count). The first-order valence-corrected chi connectivity index (χ1v) is 4.03. The largest absolute Gasteiger partial charge is 0.481 e. The highest BCUT2D eigenvalue weighted by molar-refractivity contribution is 5.75. The van der Waals surface area contributed by atoms with Crippen LogP contribution in [0.1, 0.15) is 17.9 Å². The molecule has 1 heterocycles. The molecule has 1 saturated carbocycles. The minimum absolute atomic E-state index is 0.0330. The molecule has 1 aromatic heterocycles. The average Bonchev–Trinajstić information content (AvgIpc) is 2.85. The van der Waals surface area contributed by atoms with E-state index < -0.39 is 11.9 Å². The molecule has 1 fully saturated rings. The van der Waals surface area contributed by atoms with E-state index in [1.807, 2.05) is 0 Å². The van der Waals surface area contributed by atoms with Crippen molar-refractivity contribution >= 4 is 5.97 Å². The quantitative estimate of drug-likeness (QED) is 0.702. The maximum Gasteiger partial charge on any atom is 0.307 e. The van der Waals surface area contributed by atoms with Gasteiger partial charge in [-0.1, -0.05) is 6.07 Å². The molecule has 3 nitrogen and oxygen atoms in total. The Labute approximate surface area is 74.2 Å². The van der Waals surface area contributed by atoms with E-state index >= 15 is 0 Å². The van der Waals surface area contributed by atoms with Crippen LogP contribution in [0, 0.1) is 11.9 Å². The van der Waals surface area contributed by atoms with Gasteiger partial charge in [-0.15, -0.1) is 0 Å². The Morgan fingerprint density at radius 2 is 2.38 bits per heavy atom. The Morgan fingerprint density at radius 1 is 1.62 bits per heavy atom. The number of aliphatic carboxylic acids is 1. The maximum absolute atomic E-state index is 12.4. The predicted octanol–water partition coefficient (Wildman–Crippen LogP) is 1.41. The molecule has 1 N–H and O–H groups in total. The van der Waals surface area contributed by atoms with E-state index in [0.717, 1.165) is 5.56 Å². The Hall–Kier alpha value is -1.45. The molecule has 1 aliphatic carbocycles. The predicted molar refractivity (Wildman–Crippen MR) is 42.7 cm³/mol. The van der Waals surface area contributed by atoms with Crippen molar-refractivity contribution in [2.45, 2.75) is 12.3 Å². The van der Waals surface area contributed by atoms with Crippen LogP contribution >= 0.6 is 0 Å². The van der Waals surface area contributed by atoms with Crippen molar-refractivity contribution in [1.82, 2.24) is 4.98 Å². The van der Waals surface area contributed by atoms with Gasteiger partial charge >= 0.3 is 5.97 Å². The van der Waals surface area contributed by atoms with Gasteiger partial charge in [0.2, 0.25) is 5.95 Å². The number of hydrogen-bond acceptors (Lipinski definition) is 2. The van der Waals surface area contributed by atoms with Crippen molar-refractivity contribution in [2.75, 3.05) is 0 Å². The molecular formula is C9H8FNO2. The third-order valence-corrected chi connectivity index (χ3v) is 2.29. The van der Waals surface area contributed by atoms with Gasteiger partial charge in [-0.25, -0.2) is 4.98 Å². The minimum Gasteiger partial charge on any atom is -0.481 e. The third kappa shape index (κ3) is 1.52. The number of pyridine rings is 1. The topological polar surface area (TPSA) is 50.2 Å². The monoisotopic (exact) mass is 181 g/mol. The third-order valence-electron chi connectivity index (χ3n) is 2.29. The van der Waals surface area contributed by atoms with Gasteiger partial charge in [0, 0.05) is 6.20 Å². The van der Waals surface area contributed by atoms with E-state index in [-0.39, 0.29) is 11.8 Å². The van der Waals surface area contributed by atoms with Crippen molar-refractivity contribution in [3.05, 3.63) is 29.8 Å². The number of rotatable bonds is 2. The van der Waals surface area contributed by atoms with Crippen LogP contribution in [-0.4, -0.2) is 16.1 Å². The molecule has 0 saturated heterocycles. The van der Waals surface area contributed by atoms with Crippen molar-refractivity contribution in [3.63, 3.8) is 0 Å². The molecule has 1 aromatic rings. The highest BCUT2D eigenvalue weighted by atomic mass is 19.1. The lowest BCUT2D eigenvalue weighted by atomic mass is 10.1. The number of carboxylic acid groups (broad SMARTS) is 1. The zero-order valence-corrected chi connectivity index (χ0v) is 6.77. The number of carboxylic acids is 1. The Balaban J connectivity index is 2.12. The first kappa shape index (κ1) is 8.16. The van der Waals surface area contributed by atoms with Crippen molar-refractivity contribution in [2.24, 2.45) is 5.92 Å². The summed E-state index contributed by atoms with van der Waals surface area (Å²) < 4.78 is 12.4. The van der Waals surface area contributed by atoms with Gasteiger partial charge in [-0.2, -0.15) is 4.39 Å². The summed E-state index contributed by atoms with van der Waals surface area (Å²) >= 11 is 0. The molecule has 0 amide bonds. The van der Waals surface area contributed by atoms with E-state index in [4.69, 9.17) is 5.11 Å². The molecule has 0 bridgehead atoms. The summed E-state index contributed by atoms with van der Waals surface area (Å²) in [6, 6.07) is 2.85. The summed E-state index contributed by atoms with van der Waals surface area (Å²) in [4.78, 5) is 14.0. The van der Waals surface area contributed by atoms with Gasteiger partial charge in [0.25, 0.3) is 0 Å². The highest BCUT2D eigenvalue weighted by Gasteiger charge is 2.44. The molecular weight excluding hydrogens is 173 g/mol. The van der Waals surface area contributed by atoms with Crippen LogP contribution in [0.25, 0.3) is 0 Å². The van der Waals surface area contributed by atoms with Gasteiger partial charge in [0.05, 0.1) is 5.92 Å². The molecule has 1 aliphatic rings. The second kappa shape index (κ2) is 2.80. The number of hydrogen-bond donors (Lipinski definition) is 1. The van der Waals surface area contributed by atoms with Crippen LogP contribution in [0.15, 0.2) is 18.3 Å². The summed E-state index contributed by atoms with van der Waals surface area (Å²) in [6.45, 7) is 0. The van der Waals surface area contributed by atoms with Gasteiger partial charge in [0.1, 0.15) is 0 Å². The summed E-state index contributed by atoms with van der Waals surface area (Å²) in [5.41, 5.74) is 0.814. The highest BCUT2D eigenvalue weighted by Crippen LogP contribution is 2.47. The van der Waals surface area contributed by atoms with Crippen LogP contribution in [0.2, 0.25) is 0 Å². The van der Waals surface area contributed by atoms with Crippen molar-refractivity contribution in [1.29, 1.82) is 0 Å². The number of aromatic nitrogens is 1. The second-order valence-corrected chi connectivity index (χ2v) is 3.20. The minimum atomic E-state index is -0.783. The molecule has 2 atom stereocenters. The van der Waals surface area contributed by atoms with Crippen LogP contribution in [0.3, 0.4) is 0 Å². The molecule has 0 radical (unpaired) electrons. The molecule has 68 valence electrons. The number of halogens is 1. The van der Waals surface area contributed by atoms with Gasteiger partial charge in [0.15, 0.2) is 0 Å². The van der Waals surface area contributed by atoms with E-state index in [0.29, 0.717) is 6.42 Å². The Bertz CT molecular complexity index is 336. The fraction of sp³-hybridized carbons (Fsp3) is 0.333. The van der Waals surface area contributed by atoms with E-state index in [9.17, 15) is 9.18 Å². The molecule has 13 heavy (non-hydrogen) atoms. The van der Waals surface area contributed by atoms with Crippen molar-refractivity contribution < 1.29 is 14.3 Å². The van der Waals surface area contributed by atoms with E-state index in [1.54, 1.807) is 6.07 Å². The van der Waals surface area contributed by atoms with Gasteiger partial charge in [-0.3, -0.25) is 4.79 Å². The summed E-state index contributed by atoms with van der Waals surface area (Å²) in [7, 11) is 0. The molecule has 0 aliphatic heterocycles. The van der Waals surface area contributed by atoms with Crippen molar-refractivity contribution in [3.8, 4) is 0 Å². The standard InChI is InChI=1S/C9H8FNO2/c10-8-2-1-5(4-11-8)6-3-7(6)9(12)13/h1-2,4,6-7H,3H2,(H,12,13)/t6-,7+/m0/s1. The Morgan fingerprint density at radius 3 is 2.85 bits per heavy atom. The molecule has 4 heteroatoms. The van der Waals surface area contributed by atoms with Crippen LogP contribution in [0.4, 0.5) is 4.39 Å². The number of nitrogens with zero attached hydrogens (tertiary/aromatic N) is 1. The van der Waals surface area contributed by atoms with E-state index in [1.165, 1.54) is 12.3 Å². The lowest BCUT2D eigenvalue weighted by Gasteiger charge is -1.96. The SMILES string of the molecule is O=C(O)[C@@H]1C[C@H]1c1ccc(F)nc1.